The molecule has 0 bridgehead atoms. The highest BCUT2D eigenvalue weighted by Crippen LogP contribution is 2.23. The summed E-state index contributed by atoms with van der Waals surface area (Å²) < 4.78 is 24.1. The summed E-state index contributed by atoms with van der Waals surface area (Å²) in [5.41, 5.74) is 1.62. The second-order valence-corrected chi connectivity index (χ2v) is 5.77. The number of benzene rings is 1. The second-order valence-electron chi connectivity index (χ2n) is 3.76. The van der Waals surface area contributed by atoms with Gasteiger partial charge >= 0.3 is 0 Å². The van der Waals surface area contributed by atoms with Crippen LogP contribution < -0.4 is 9.62 Å². The minimum atomic E-state index is -3.33. The van der Waals surface area contributed by atoms with Gasteiger partial charge in [-0.15, -0.1) is 0 Å². The second kappa shape index (κ2) is 4.75. The Labute approximate surface area is 101 Å². The number of sulfonamides is 1. The number of carbonyl (C=O) groups is 1. The number of hydrogen-bond donors (Lipinski definition) is 1. The average Bonchev–Trinajstić information content (AvgIpc) is 2.26. The lowest BCUT2D eigenvalue weighted by Crippen LogP contribution is -2.27. The molecule has 5 nitrogen and oxygen atoms in total. The van der Waals surface area contributed by atoms with E-state index in [4.69, 9.17) is 0 Å². The number of carbonyl (C=O) groups excluding carboxylic acids is 1. The summed E-state index contributed by atoms with van der Waals surface area (Å²) in [6.45, 7) is 1.72. The summed E-state index contributed by atoms with van der Waals surface area (Å²) in [6.07, 6.45) is 1.12. The van der Waals surface area contributed by atoms with E-state index in [0.29, 0.717) is 16.8 Å². The van der Waals surface area contributed by atoms with Crippen LogP contribution in [0, 0.1) is 6.92 Å². The first-order valence-corrected chi connectivity index (χ1v) is 6.89. The van der Waals surface area contributed by atoms with Gasteiger partial charge in [0, 0.05) is 19.7 Å². The normalized spacial score (nSPS) is 11.1. The van der Waals surface area contributed by atoms with E-state index in [2.05, 4.69) is 5.32 Å². The van der Waals surface area contributed by atoms with E-state index >= 15 is 0 Å². The number of nitrogens with one attached hydrogen (secondary N) is 1. The lowest BCUT2D eigenvalue weighted by Gasteiger charge is -2.20. The molecule has 6 heteroatoms. The van der Waals surface area contributed by atoms with E-state index in [-0.39, 0.29) is 5.91 Å². The molecule has 1 rings (SSSR count). The summed E-state index contributed by atoms with van der Waals surface area (Å²) in [5.74, 6) is -0.230. The Kier molecular flexibility index (Phi) is 3.77. The van der Waals surface area contributed by atoms with Crippen molar-refractivity contribution in [3.8, 4) is 0 Å². The largest absolute Gasteiger partial charge is 0.355 e. The predicted octanol–water partition coefficient (Wildman–Crippen LogP) is 0.750. The number of amides is 1. The van der Waals surface area contributed by atoms with Crippen molar-refractivity contribution < 1.29 is 13.2 Å². The van der Waals surface area contributed by atoms with Crippen molar-refractivity contribution in [1.82, 2.24) is 5.32 Å². The minimum absolute atomic E-state index is 0.230. The van der Waals surface area contributed by atoms with Crippen LogP contribution in [0.2, 0.25) is 0 Å². The molecule has 0 aliphatic carbocycles. The van der Waals surface area contributed by atoms with Crippen LogP contribution in [0.4, 0.5) is 5.69 Å². The monoisotopic (exact) mass is 256 g/mol. The molecule has 1 aromatic rings. The van der Waals surface area contributed by atoms with E-state index in [1.165, 1.54) is 14.1 Å². The molecule has 0 saturated carbocycles. The molecule has 0 spiro atoms. The van der Waals surface area contributed by atoms with E-state index in [1.54, 1.807) is 25.1 Å². The van der Waals surface area contributed by atoms with Gasteiger partial charge < -0.3 is 5.32 Å². The van der Waals surface area contributed by atoms with Gasteiger partial charge in [0.25, 0.3) is 5.91 Å². The van der Waals surface area contributed by atoms with Crippen LogP contribution in [0.15, 0.2) is 18.2 Å². The Morgan fingerprint density at radius 1 is 1.35 bits per heavy atom. The molecule has 0 heterocycles. The lowest BCUT2D eigenvalue weighted by molar-refractivity contribution is 0.0962. The molecule has 1 amide bonds. The van der Waals surface area contributed by atoms with Gasteiger partial charge in [-0.05, 0) is 24.6 Å². The summed E-state index contributed by atoms with van der Waals surface area (Å²) in [7, 11) is -0.326. The first-order valence-electron chi connectivity index (χ1n) is 5.04. The molecule has 0 atom stereocenters. The fourth-order valence-electron chi connectivity index (χ4n) is 1.52. The molecular formula is C11H16N2O3S. The van der Waals surface area contributed by atoms with Gasteiger partial charge in [-0.25, -0.2) is 8.42 Å². The molecule has 0 unspecified atom stereocenters. The molecule has 0 aliphatic rings. The van der Waals surface area contributed by atoms with Crippen LogP contribution in [0.3, 0.4) is 0 Å². The molecule has 94 valence electrons. The fourth-order valence-corrected chi connectivity index (χ4v) is 2.08. The first kappa shape index (κ1) is 13.5. The van der Waals surface area contributed by atoms with Crippen LogP contribution in [0.25, 0.3) is 0 Å². The van der Waals surface area contributed by atoms with Crippen LogP contribution in [-0.2, 0) is 10.0 Å². The molecule has 17 heavy (non-hydrogen) atoms. The van der Waals surface area contributed by atoms with Gasteiger partial charge in [0.2, 0.25) is 10.0 Å². The Balaban J connectivity index is 3.34. The molecule has 0 radical (unpaired) electrons. The van der Waals surface area contributed by atoms with Crippen LogP contribution in [-0.4, -0.2) is 34.7 Å². The smallest absolute Gasteiger partial charge is 0.251 e. The standard InChI is InChI=1S/C11H16N2O3S/c1-8-9(11(14)12-2)6-5-7-10(8)13(3)17(4,15)16/h5-7H,1-4H3,(H,12,14). The van der Waals surface area contributed by atoms with Crippen molar-refractivity contribution in [3.05, 3.63) is 29.3 Å². The predicted molar refractivity (Wildman–Crippen MR) is 67.8 cm³/mol. The van der Waals surface area contributed by atoms with Gasteiger partial charge in [-0.3, -0.25) is 9.10 Å². The maximum Gasteiger partial charge on any atom is 0.251 e. The van der Waals surface area contributed by atoms with Gasteiger partial charge in [0.1, 0.15) is 0 Å². The van der Waals surface area contributed by atoms with E-state index in [0.717, 1.165) is 10.6 Å². The van der Waals surface area contributed by atoms with Crippen molar-refractivity contribution in [2.75, 3.05) is 24.7 Å². The topological polar surface area (TPSA) is 66.5 Å². The summed E-state index contributed by atoms with van der Waals surface area (Å²) in [4.78, 5) is 11.6. The number of rotatable bonds is 3. The third-order valence-corrected chi connectivity index (χ3v) is 3.81. The van der Waals surface area contributed by atoms with Crippen molar-refractivity contribution in [3.63, 3.8) is 0 Å². The third kappa shape index (κ3) is 2.76. The summed E-state index contributed by atoms with van der Waals surface area (Å²) in [6, 6.07) is 4.99. The zero-order chi connectivity index (χ0) is 13.2. The van der Waals surface area contributed by atoms with Gasteiger partial charge in [0.15, 0.2) is 0 Å². The molecular weight excluding hydrogens is 240 g/mol. The summed E-state index contributed by atoms with van der Waals surface area (Å²) >= 11 is 0. The average molecular weight is 256 g/mol. The first-order chi connectivity index (χ1) is 7.79. The van der Waals surface area contributed by atoms with Gasteiger partial charge in [-0.1, -0.05) is 6.07 Å². The van der Waals surface area contributed by atoms with Gasteiger partial charge in [0.05, 0.1) is 11.9 Å². The number of anilines is 1. The molecule has 0 aromatic heterocycles. The van der Waals surface area contributed by atoms with Crippen LogP contribution in [0.5, 0.6) is 0 Å². The van der Waals surface area contributed by atoms with E-state index < -0.39 is 10.0 Å². The van der Waals surface area contributed by atoms with Crippen LogP contribution in [0.1, 0.15) is 15.9 Å². The quantitative estimate of drug-likeness (QED) is 0.868. The third-order valence-electron chi connectivity index (χ3n) is 2.61. The van der Waals surface area contributed by atoms with Crippen LogP contribution >= 0.6 is 0 Å². The van der Waals surface area contributed by atoms with Crippen molar-refractivity contribution >= 4 is 21.6 Å². The maximum atomic E-state index is 11.6. The highest BCUT2D eigenvalue weighted by Gasteiger charge is 2.17. The van der Waals surface area contributed by atoms with Crippen molar-refractivity contribution in [2.45, 2.75) is 6.92 Å². The zero-order valence-electron chi connectivity index (χ0n) is 10.3. The Hall–Kier alpha value is -1.56. The molecule has 0 aliphatic heterocycles. The number of nitrogens with zero attached hydrogens (tertiary/aromatic N) is 1. The maximum absolute atomic E-state index is 11.6. The SMILES string of the molecule is CNC(=O)c1cccc(N(C)S(C)(=O)=O)c1C. The number of hydrogen-bond acceptors (Lipinski definition) is 3. The molecule has 1 aromatic carbocycles. The van der Waals surface area contributed by atoms with Crippen molar-refractivity contribution in [2.24, 2.45) is 0 Å². The fraction of sp³-hybridized carbons (Fsp3) is 0.364. The highest BCUT2D eigenvalue weighted by molar-refractivity contribution is 7.92. The Bertz CT molecular complexity index is 538. The van der Waals surface area contributed by atoms with E-state index in [1.807, 2.05) is 0 Å². The zero-order valence-corrected chi connectivity index (χ0v) is 11.1. The molecule has 0 fully saturated rings. The van der Waals surface area contributed by atoms with E-state index in [9.17, 15) is 13.2 Å². The Morgan fingerprint density at radius 3 is 2.41 bits per heavy atom. The molecule has 0 saturated heterocycles. The van der Waals surface area contributed by atoms with Gasteiger partial charge in [-0.2, -0.15) is 0 Å². The highest BCUT2D eigenvalue weighted by atomic mass is 32.2. The Morgan fingerprint density at radius 2 is 1.94 bits per heavy atom. The molecule has 1 N–H and O–H groups in total. The summed E-state index contributed by atoms with van der Waals surface area (Å²) in [5, 5.41) is 2.52. The minimum Gasteiger partial charge on any atom is -0.355 e. The lowest BCUT2D eigenvalue weighted by atomic mass is 10.1. The van der Waals surface area contributed by atoms with Crippen molar-refractivity contribution in [1.29, 1.82) is 0 Å².